The molecule has 1 unspecified atom stereocenters. The summed E-state index contributed by atoms with van der Waals surface area (Å²) in [6.07, 6.45) is 0. The molecule has 2 aromatic rings. The summed E-state index contributed by atoms with van der Waals surface area (Å²) >= 11 is 0. The van der Waals surface area contributed by atoms with E-state index in [1.807, 2.05) is 63.2 Å². The second-order valence-corrected chi connectivity index (χ2v) is 9.41. The minimum atomic E-state index is -3.57. The van der Waals surface area contributed by atoms with Crippen molar-refractivity contribution in [2.45, 2.75) is 51.6 Å². The van der Waals surface area contributed by atoms with Crippen LogP contribution in [-0.4, -0.2) is 24.8 Å². The zero-order valence-electron chi connectivity index (χ0n) is 16.2. The first-order chi connectivity index (χ1) is 12.2. The van der Waals surface area contributed by atoms with E-state index < -0.39 is 10.0 Å². The Morgan fingerprint density at radius 1 is 1.04 bits per heavy atom. The summed E-state index contributed by atoms with van der Waals surface area (Å²) in [5.74, 6) is 0.223. The lowest BCUT2D eigenvalue weighted by Crippen LogP contribution is -2.20. The molecule has 4 heteroatoms. The number of rotatable bonds is 5. The maximum Gasteiger partial charge on any atom is 0.244 e. The lowest BCUT2D eigenvalue weighted by atomic mass is 9.99. The van der Waals surface area contributed by atoms with Crippen LogP contribution >= 0.6 is 0 Å². The summed E-state index contributed by atoms with van der Waals surface area (Å²) in [5.41, 5.74) is 4.56. The van der Waals surface area contributed by atoms with Crippen molar-refractivity contribution in [1.29, 1.82) is 0 Å². The van der Waals surface area contributed by atoms with Crippen LogP contribution in [0.2, 0.25) is 0 Å². The van der Waals surface area contributed by atoms with E-state index in [-0.39, 0.29) is 18.0 Å². The fraction of sp³-hybridized carbons (Fsp3) is 0.364. The number of hydrogen-bond acceptors (Lipinski definition) is 2. The van der Waals surface area contributed by atoms with Gasteiger partial charge in [-0.2, -0.15) is 4.31 Å². The molecule has 1 fully saturated rings. The van der Waals surface area contributed by atoms with E-state index in [1.165, 1.54) is 0 Å². The first-order valence-electron chi connectivity index (χ1n) is 9.02. The van der Waals surface area contributed by atoms with Crippen molar-refractivity contribution >= 4 is 15.6 Å². The van der Waals surface area contributed by atoms with Crippen LogP contribution in [0.3, 0.4) is 0 Å². The fourth-order valence-corrected chi connectivity index (χ4v) is 6.38. The molecule has 1 heterocycles. The summed E-state index contributed by atoms with van der Waals surface area (Å²) in [7, 11) is -3.57. The van der Waals surface area contributed by atoms with Crippen molar-refractivity contribution in [3.05, 3.63) is 71.3 Å². The molecule has 1 aliphatic heterocycles. The predicted molar refractivity (Wildman–Crippen MR) is 108 cm³/mol. The van der Waals surface area contributed by atoms with E-state index in [1.54, 1.807) is 4.31 Å². The summed E-state index contributed by atoms with van der Waals surface area (Å²) in [4.78, 5) is 0.442. The second-order valence-electron chi connectivity index (χ2n) is 7.63. The maximum atomic E-state index is 13.5. The van der Waals surface area contributed by atoms with Crippen LogP contribution in [0.25, 0.3) is 5.57 Å². The molecule has 0 radical (unpaired) electrons. The molecular formula is C22H27NO2S. The lowest BCUT2D eigenvalue weighted by molar-refractivity contribution is 0.517. The quantitative estimate of drug-likeness (QED) is 0.715. The Hall–Kier alpha value is -1.91. The van der Waals surface area contributed by atoms with E-state index >= 15 is 0 Å². The third kappa shape index (κ3) is 3.12. The van der Waals surface area contributed by atoms with Gasteiger partial charge in [0.1, 0.15) is 0 Å². The Morgan fingerprint density at radius 2 is 1.58 bits per heavy atom. The molecule has 1 aliphatic rings. The van der Waals surface area contributed by atoms with Crippen molar-refractivity contribution in [2.24, 2.45) is 5.92 Å². The molecule has 0 aromatic heterocycles. The van der Waals surface area contributed by atoms with Gasteiger partial charge in [0.25, 0.3) is 0 Å². The van der Waals surface area contributed by atoms with Gasteiger partial charge in [-0.1, -0.05) is 68.5 Å². The molecule has 3 atom stereocenters. The summed E-state index contributed by atoms with van der Waals surface area (Å²) < 4.78 is 28.6. The molecule has 0 N–H and O–H groups in total. The number of hydrogen-bond donors (Lipinski definition) is 0. The minimum absolute atomic E-state index is 0.0483. The summed E-state index contributed by atoms with van der Waals surface area (Å²) in [6.45, 7) is 14.1. The van der Waals surface area contributed by atoms with E-state index in [4.69, 9.17) is 0 Å². The number of nitrogens with zero attached hydrogens (tertiary/aromatic N) is 1. The molecule has 26 heavy (non-hydrogen) atoms. The molecule has 2 aromatic carbocycles. The summed E-state index contributed by atoms with van der Waals surface area (Å²) in [6, 6.07) is 13.5. The molecule has 3 nitrogen and oxygen atoms in total. The maximum absolute atomic E-state index is 13.5. The largest absolute Gasteiger partial charge is 0.244 e. The number of aryl methyl sites for hydroxylation is 3. The van der Waals surface area contributed by atoms with E-state index in [0.29, 0.717) is 4.90 Å². The van der Waals surface area contributed by atoms with Gasteiger partial charge in [-0.15, -0.1) is 0 Å². The van der Waals surface area contributed by atoms with Crippen molar-refractivity contribution in [2.75, 3.05) is 0 Å². The van der Waals surface area contributed by atoms with Crippen molar-refractivity contribution < 1.29 is 8.42 Å². The molecular weight excluding hydrogens is 342 g/mol. The first-order valence-corrected chi connectivity index (χ1v) is 10.5. The van der Waals surface area contributed by atoms with Gasteiger partial charge in [0.05, 0.1) is 10.9 Å². The third-order valence-corrected chi connectivity index (χ3v) is 7.31. The average molecular weight is 370 g/mol. The van der Waals surface area contributed by atoms with Gasteiger partial charge in [0.2, 0.25) is 10.0 Å². The van der Waals surface area contributed by atoms with E-state index in [2.05, 4.69) is 20.4 Å². The highest BCUT2D eigenvalue weighted by molar-refractivity contribution is 7.89. The van der Waals surface area contributed by atoms with Crippen molar-refractivity contribution in [1.82, 2.24) is 4.31 Å². The van der Waals surface area contributed by atoms with Gasteiger partial charge < -0.3 is 0 Å². The third-order valence-electron chi connectivity index (χ3n) is 5.13. The smallest absolute Gasteiger partial charge is 0.207 e. The number of benzene rings is 2. The van der Waals surface area contributed by atoms with Crippen LogP contribution < -0.4 is 0 Å². The van der Waals surface area contributed by atoms with Crippen LogP contribution in [0.15, 0.2) is 53.9 Å². The Balaban J connectivity index is 2.03. The molecule has 0 amide bonds. The second kappa shape index (κ2) is 6.67. The van der Waals surface area contributed by atoms with Crippen LogP contribution in [-0.2, 0) is 10.0 Å². The highest BCUT2D eigenvalue weighted by atomic mass is 32.2. The number of sulfonamides is 1. The first kappa shape index (κ1) is 18.9. The zero-order valence-corrected chi connectivity index (χ0v) is 17.0. The predicted octanol–water partition coefficient (Wildman–Crippen LogP) is 4.72. The Labute approximate surface area is 157 Å². The SMILES string of the molecule is C=C(c1ccccc1)[C@@H]1[C@H](C(C)C)N1S(=O)(=O)c1c(C)cc(C)cc1C. The average Bonchev–Trinajstić information content (AvgIpc) is 3.30. The molecule has 0 saturated carbocycles. The molecule has 1 saturated heterocycles. The minimum Gasteiger partial charge on any atom is -0.207 e. The Morgan fingerprint density at radius 3 is 2.08 bits per heavy atom. The lowest BCUT2D eigenvalue weighted by Gasteiger charge is -2.14. The van der Waals surface area contributed by atoms with Crippen LogP contribution in [0.4, 0.5) is 0 Å². The van der Waals surface area contributed by atoms with Crippen molar-refractivity contribution in [3.63, 3.8) is 0 Å². The highest BCUT2D eigenvalue weighted by Crippen LogP contribution is 2.47. The van der Waals surface area contributed by atoms with Gasteiger partial charge in [0, 0.05) is 6.04 Å². The summed E-state index contributed by atoms with van der Waals surface area (Å²) in [5, 5.41) is 0. The molecule has 0 spiro atoms. The fourth-order valence-electron chi connectivity index (χ4n) is 4.06. The van der Waals surface area contributed by atoms with E-state index in [0.717, 1.165) is 27.8 Å². The van der Waals surface area contributed by atoms with Crippen molar-refractivity contribution in [3.8, 4) is 0 Å². The van der Waals surface area contributed by atoms with Gasteiger partial charge in [-0.05, 0) is 49.0 Å². The van der Waals surface area contributed by atoms with Gasteiger partial charge >= 0.3 is 0 Å². The molecule has 3 rings (SSSR count). The molecule has 0 bridgehead atoms. The topological polar surface area (TPSA) is 37.1 Å². The van der Waals surface area contributed by atoms with Gasteiger partial charge in [-0.3, -0.25) is 0 Å². The van der Waals surface area contributed by atoms with Gasteiger partial charge in [-0.25, -0.2) is 8.42 Å². The monoisotopic (exact) mass is 369 g/mol. The zero-order chi connectivity index (χ0) is 19.2. The standard InChI is InChI=1S/C22H27NO2S/c1-14(2)20-21(18(6)19-10-8-7-9-11-19)23(20)26(24,25)22-16(4)12-15(3)13-17(22)5/h7-14,20-21H,6H2,1-5H3/t20-,21+,23?/m0/s1. The molecule has 0 aliphatic carbocycles. The Bertz CT molecular complexity index is 922. The van der Waals surface area contributed by atoms with Crippen LogP contribution in [0.5, 0.6) is 0 Å². The van der Waals surface area contributed by atoms with E-state index in [9.17, 15) is 8.42 Å². The normalized spacial score (nSPS) is 22.5. The Kier molecular flexibility index (Phi) is 4.84. The molecule has 138 valence electrons. The van der Waals surface area contributed by atoms with Crippen LogP contribution in [0.1, 0.15) is 36.1 Å². The van der Waals surface area contributed by atoms with Gasteiger partial charge in [0.15, 0.2) is 0 Å². The highest BCUT2D eigenvalue weighted by Gasteiger charge is 2.58. The van der Waals surface area contributed by atoms with Crippen LogP contribution in [0, 0.1) is 26.7 Å².